The molecule has 268 valence electrons. The largest absolute Gasteiger partial charge is 0.321 e. The molecule has 0 bridgehead atoms. The average Bonchev–Trinajstić information content (AvgIpc) is 3.84. The van der Waals surface area contributed by atoms with Crippen LogP contribution in [0.15, 0.2) is 143 Å². The van der Waals surface area contributed by atoms with Crippen molar-refractivity contribution in [3.63, 3.8) is 0 Å². The summed E-state index contributed by atoms with van der Waals surface area (Å²) in [6, 6.07) is 40.1. The Labute approximate surface area is 326 Å². The molecular formula is C43H35N5O3S3. The van der Waals surface area contributed by atoms with E-state index >= 15 is 0 Å². The lowest BCUT2D eigenvalue weighted by atomic mass is 10.0. The van der Waals surface area contributed by atoms with Gasteiger partial charge in [-0.15, -0.1) is 23.1 Å². The summed E-state index contributed by atoms with van der Waals surface area (Å²) in [7, 11) is 0. The number of nitrogens with one attached hydrogen (secondary N) is 3. The van der Waals surface area contributed by atoms with Crippen LogP contribution in [0, 0.1) is 11.3 Å². The topological polar surface area (TPSA) is 114 Å². The summed E-state index contributed by atoms with van der Waals surface area (Å²) in [4.78, 5) is 45.1. The summed E-state index contributed by atoms with van der Waals surface area (Å²) in [6.45, 7) is 2.37. The first-order valence-corrected chi connectivity index (χ1v) is 19.9. The Hall–Kier alpha value is -5.77. The molecule has 1 unspecified atom stereocenters. The maximum Gasteiger partial charge on any atom is 0.272 e. The third-order valence-corrected chi connectivity index (χ3v) is 11.9. The number of rotatable bonds is 12. The van der Waals surface area contributed by atoms with Gasteiger partial charge in [0.2, 0.25) is 5.91 Å². The minimum atomic E-state index is -0.656. The van der Waals surface area contributed by atoms with Gasteiger partial charge in [0, 0.05) is 40.7 Å². The standard InChI is InChI=1S/C43H35N5O3S3/c44-25-36-35-19-21-48(26-29-11-4-1-5-12-29)27-38(35)54-43(36)47-42(51)39(31-13-6-2-7-14-31)53-34-18-10-17-33(24-34)45-41(50)37(23-30-20-22-52-28-30)46-40(49)32-15-8-3-9-16-32/h1-18,20,22-24,28,39H,19,21,26-27H2,(H,45,50)(H,46,49)(H,47,51)/b37-23-. The SMILES string of the molecule is N#Cc1c(NC(=O)C(Sc2cccc(NC(=O)/C(=C/c3ccsc3)NC(=O)c3ccccc3)c2)c2ccccc2)sc2c1CCN(Cc1ccccc1)C2. The summed E-state index contributed by atoms with van der Waals surface area (Å²) in [5.74, 6) is -1.14. The number of thioether (sulfide) groups is 1. The van der Waals surface area contributed by atoms with Crippen molar-refractivity contribution in [2.75, 3.05) is 17.2 Å². The third kappa shape index (κ3) is 9.05. The van der Waals surface area contributed by atoms with Crippen LogP contribution in [-0.2, 0) is 29.1 Å². The van der Waals surface area contributed by atoms with E-state index in [1.165, 1.54) is 40.0 Å². The summed E-state index contributed by atoms with van der Waals surface area (Å²) in [5, 5.41) is 22.7. The number of thiophene rings is 2. The lowest BCUT2D eigenvalue weighted by Crippen LogP contribution is -2.30. The van der Waals surface area contributed by atoms with Gasteiger partial charge in [0.15, 0.2) is 0 Å². The molecule has 0 saturated carbocycles. The molecule has 6 aromatic rings. The van der Waals surface area contributed by atoms with E-state index in [1.54, 1.807) is 42.5 Å². The Kier molecular flexibility index (Phi) is 11.8. The van der Waals surface area contributed by atoms with Crippen molar-refractivity contribution in [1.29, 1.82) is 5.26 Å². The van der Waals surface area contributed by atoms with Crippen molar-refractivity contribution >= 4 is 68.9 Å². The van der Waals surface area contributed by atoms with Crippen LogP contribution in [0.3, 0.4) is 0 Å². The van der Waals surface area contributed by atoms with Crippen LogP contribution < -0.4 is 16.0 Å². The molecule has 2 aromatic heterocycles. The van der Waals surface area contributed by atoms with Gasteiger partial charge in [-0.2, -0.15) is 16.6 Å². The molecule has 7 rings (SSSR count). The van der Waals surface area contributed by atoms with Gasteiger partial charge < -0.3 is 16.0 Å². The van der Waals surface area contributed by atoms with Crippen LogP contribution in [-0.4, -0.2) is 29.2 Å². The molecular weight excluding hydrogens is 731 g/mol. The van der Waals surface area contributed by atoms with Crippen LogP contribution in [0.2, 0.25) is 0 Å². The molecule has 11 heteroatoms. The summed E-state index contributed by atoms with van der Waals surface area (Å²) in [5.41, 5.74) is 5.40. The first-order chi connectivity index (χ1) is 26.4. The van der Waals surface area contributed by atoms with E-state index in [-0.39, 0.29) is 11.6 Å². The maximum atomic E-state index is 14.2. The minimum absolute atomic E-state index is 0.0944. The normalized spacial score (nSPS) is 13.3. The van der Waals surface area contributed by atoms with Crippen LogP contribution in [0.5, 0.6) is 0 Å². The zero-order valence-electron chi connectivity index (χ0n) is 29.0. The van der Waals surface area contributed by atoms with E-state index in [4.69, 9.17) is 0 Å². The predicted octanol–water partition coefficient (Wildman–Crippen LogP) is 9.12. The number of nitriles is 1. The quantitative estimate of drug-likeness (QED) is 0.0846. The molecule has 0 aliphatic carbocycles. The number of carbonyl (C=O) groups excluding carboxylic acids is 3. The number of carbonyl (C=O) groups is 3. The van der Waals surface area contributed by atoms with Crippen LogP contribution in [0.25, 0.3) is 6.08 Å². The van der Waals surface area contributed by atoms with E-state index in [0.29, 0.717) is 21.8 Å². The van der Waals surface area contributed by atoms with Crippen molar-refractivity contribution in [3.8, 4) is 6.07 Å². The molecule has 1 aliphatic heterocycles. The van der Waals surface area contributed by atoms with Gasteiger partial charge in [0.1, 0.15) is 22.0 Å². The number of benzene rings is 4. The van der Waals surface area contributed by atoms with E-state index < -0.39 is 17.1 Å². The van der Waals surface area contributed by atoms with E-state index in [2.05, 4.69) is 39.1 Å². The van der Waals surface area contributed by atoms with Gasteiger partial charge in [-0.25, -0.2) is 0 Å². The number of anilines is 2. The predicted molar refractivity (Wildman–Crippen MR) is 218 cm³/mol. The monoisotopic (exact) mass is 765 g/mol. The fraction of sp³-hybridized carbons (Fsp3) is 0.116. The van der Waals surface area contributed by atoms with Gasteiger partial charge >= 0.3 is 0 Å². The van der Waals surface area contributed by atoms with E-state index in [1.807, 2.05) is 83.6 Å². The van der Waals surface area contributed by atoms with Crippen molar-refractivity contribution in [3.05, 3.63) is 176 Å². The third-order valence-electron chi connectivity index (χ3n) is 8.80. The zero-order valence-corrected chi connectivity index (χ0v) is 31.5. The van der Waals surface area contributed by atoms with Crippen LogP contribution in [0.1, 0.15) is 48.3 Å². The van der Waals surface area contributed by atoms with Gasteiger partial charge in [0.25, 0.3) is 11.8 Å². The Morgan fingerprint density at radius 3 is 2.35 bits per heavy atom. The minimum Gasteiger partial charge on any atom is -0.321 e. The summed E-state index contributed by atoms with van der Waals surface area (Å²) >= 11 is 4.31. The molecule has 1 aliphatic rings. The Morgan fingerprint density at radius 2 is 1.63 bits per heavy atom. The Balaban J connectivity index is 1.08. The Morgan fingerprint density at radius 1 is 0.889 bits per heavy atom. The highest BCUT2D eigenvalue weighted by Crippen LogP contribution is 2.41. The van der Waals surface area contributed by atoms with E-state index in [9.17, 15) is 19.6 Å². The Bertz CT molecular complexity index is 2320. The average molecular weight is 766 g/mol. The fourth-order valence-electron chi connectivity index (χ4n) is 6.17. The molecule has 0 fully saturated rings. The highest BCUT2D eigenvalue weighted by molar-refractivity contribution is 8.00. The molecule has 4 aromatic carbocycles. The summed E-state index contributed by atoms with van der Waals surface area (Å²) in [6.07, 6.45) is 2.38. The van der Waals surface area contributed by atoms with Gasteiger partial charge in [-0.3, -0.25) is 19.3 Å². The van der Waals surface area contributed by atoms with Crippen molar-refractivity contribution in [2.24, 2.45) is 0 Å². The number of nitrogens with zero attached hydrogens (tertiary/aromatic N) is 2. The second-order valence-electron chi connectivity index (χ2n) is 12.6. The highest BCUT2D eigenvalue weighted by Gasteiger charge is 2.28. The number of hydrogen-bond acceptors (Lipinski definition) is 8. The molecule has 3 heterocycles. The number of hydrogen-bond donors (Lipinski definition) is 3. The molecule has 3 amide bonds. The van der Waals surface area contributed by atoms with Crippen molar-refractivity contribution < 1.29 is 14.4 Å². The fourth-order valence-corrected chi connectivity index (χ4v) is 9.11. The lowest BCUT2D eigenvalue weighted by molar-refractivity contribution is -0.116. The number of amides is 3. The molecule has 1 atom stereocenters. The maximum absolute atomic E-state index is 14.2. The first-order valence-electron chi connectivity index (χ1n) is 17.3. The first kappa shape index (κ1) is 36.6. The molecule has 8 nitrogen and oxygen atoms in total. The van der Waals surface area contributed by atoms with Gasteiger partial charge in [0.05, 0.1) is 5.56 Å². The van der Waals surface area contributed by atoms with Crippen molar-refractivity contribution in [1.82, 2.24) is 10.2 Å². The van der Waals surface area contributed by atoms with Crippen LogP contribution >= 0.6 is 34.4 Å². The zero-order chi connectivity index (χ0) is 37.3. The lowest BCUT2D eigenvalue weighted by Gasteiger charge is -2.26. The van der Waals surface area contributed by atoms with Gasteiger partial charge in [-0.05, 0) is 81.9 Å². The summed E-state index contributed by atoms with van der Waals surface area (Å²) < 4.78 is 0. The second kappa shape index (κ2) is 17.4. The number of fused-ring (bicyclic) bond motifs is 1. The highest BCUT2D eigenvalue weighted by atomic mass is 32.2. The van der Waals surface area contributed by atoms with E-state index in [0.717, 1.165) is 52.5 Å². The molecule has 54 heavy (non-hydrogen) atoms. The smallest absolute Gasteiger partial charge is 0.272 e. The molecule has 3 N–H and O–H groups in total. The molecule has 0 saturated heterocycles. The van der Waals surface area contributed by atoms with Crippen LogP contribution in [0.4, 0.5) is 10.7 Å². The van der Waals surface area contributed by atoms with Crippen molar-refractivity contribution in [2.45, 2.75) is 29.7 Å². The molecule has 0 radical (unpaired) electrons. The second-order valence-corrected chi connectivity index (χ2v) is 15.6. The van der Waals surface area contributed by atoms with Gasteiger partial charge in [-0.1, -0.05) is 84.9 Å². The molecule has 0 spiro atoms.